The molecule has 120 valence electrons. The van der Waals surface area contributed by atoms with Gasteiger partial charge in [-0.05, 0) is 20.8 Å². The molecule has 0 spiro atoms. The average molecular weight is 318 g/mol. The van der Waals surface area contributed by atoms with Crippen molar-refractivity contribution >= 4 is 16.0 Å². The van der Waals surface area contributed by atoms with Gasteiger partial charge in [-0.3, -0.25) is 9.63 Å². The van der Waals surface area contributed by atoms with Gasteiger partial charge in [-0.15, -0.1) is 0 Å². The Labute approximate surface area is 125 Å². The zero-order valence-electron chi connectivity index (χ0n) is 12.8. The van der Waals surface area contributed by atoms with E-state index in [1.54, 1.807) is 18.9 Å². The van der Waals surface area contributed by atoms with Crippen LogP contribution in [0.4, 0.5) is 0 Å². The maximum absolute atomic E-state index is 12.7. The van der Waals surface area contributed by atoms with Crippen LogP contribution in [0.1, 0.15) is 27.2 Å². The lowest BCUT2D eigenvalue weighted by atomic mass is 9.84. The van der Waals surface area contributed by atoms with E-state index in [0.717, 1.165) is 0 Å². The van der Waals surface area contributed by atoms with Gasteiger partial charge in [0.25, 0.3) is 0 Å². The lowest BCUT2D eigenvalue weighted by Gasteiger charge is -2.30. The van der Waals surface area contributed by atoms with Crippen LogP contribution >= 0.6 is 0 Å². The van der Waals surface area contributed by atoms with Crippen molar-refractivity contribution in [2.45, 2.75) is 50.2 Å². The van der Waals surface area contributed by atoms with E-state index in [1.165, 1.54) is 4.31 Å². The van der Waals surface area contributed by atoms with Gasteiger partial charge < -0.3 is 4.74 Å². The van der Waals surface area contributed by atoms with Crippen molar-refractivity contribution in [3.05, 3.63) is 0 Å². The van der Waals surface area contributed by atoms with Crippen molar-refractivity contribution in [3.8, 4) is 0 Å². The van der Waals surface area contributed by atoms with Crippen molar-refractivity contribution in [3.63, 3.8) is 0 Å². The maximum atomic E-state index is 12.7. The largest absolute Gasteiger partial charge is 0.462 e. The minimum absolute atomic E-state index is 0.0918. The summed E-state index contributed by atoms with van der Waals surface area (Å²) in [5.41, 5.74) is -0.315. The molecule has 5 atom stereocenters. The number of ether oxygens (including phenoxy) is 1. The van der Waals surface area contributed by atoms with Crippen LogP contribution in [0.2, 0.25) is 0 Å². The second kappa shape index (κ2) is 4.65. The van der Waals surface area contributed by atoms with E-state index in [9.17, 15) is 13.2 Å². The Morgan fingerprint density at radius 3 is 2.71 bits per heavy atom. The zero-order chi connectivity index (χ0) is 15.6. The van der Waals surface area contributed by atoms with Gasteiger partial charge in [0.1, 0.15) is 0 Å². The predicted octanol–water partition coefficient (Wildman–Crippen LogP) is -0.0238. The molecule has 3 aliphatic heterocycles. The molecule has 0 radical (unpaired) electrons. The molecule has 0 aromatic heterocycles. The second-order valence-corrected chi connectivity index (χ2v) is 8.77. The zero-order valence-corrected chi connectivity index (χ0v) is 13.6. The number of nitrogens with zero attached hydrogens (tertiary/aromatic N) is 2. The Bertz CT molecular complexity index is 563. The summed E-state index contributed by atoms with van der Waals surface area (Å²) in [4.78, 5) is 18.0. The predicted molar refractivity (Wildman–Crippen MR) is 74.7 cm³/mol. The van der Waals surface area contributed by atoms with Crippen LogP contribution in [0, 0.1) is 5.92 Å². The molecule has 0 amide bonds. The van der Waals surface area contributed by atoms with Gasteiger partial charge in [-0.25, -0.2) is 8.42 Å². The number of esters is 1. The third-order valence-corrected chi connectivity index (χ3v) is 7.04. The summed E-state index contributed by atoms with van der Waals surface area (Å²) in [7, 11) is -1.86. The van der Waals surface area contributed by atoms with E-state index in [1.807, 2.05) is 14.0 Å². The van der Waals surface area contributed by atoms with Crippen LogP contribution in [-0.2, 0) is 24.4 Å². The first-order valence-electron chi connectivity index (χ1n) is 7.26. The number of sulfonamides is 1. The van der Waals surface area contributed by atoms with Crippen molar-refractivity contribution in [1.82, 2.24) is 9.37 Å². The number of carbonyl (C=O) groups is 1. The van der Waals surface area contributed by atoms with E-state index in [-0.39, 0.29) is 30.1 Å². The summed E-state index contributed by atoms with van der Waals surface area (Å²) < 4.78 is 32.0. The molecule has 3 saturated heterocycles. The SMILES string of the molecule is CC(C)OC(=O)[C@H]1C[C@@H]2ON(C)[C@]3(C)CN(C[C@H]23)S1(=O)=O. The fourth-order valence-electron chi connectivity index (χ4n) is 3.64. The van der Waals surface area contributed by atoms with E-state index in [0.29, 0.717) is 13.1 Å². The molecular weight excluding hydrogens is 296 g/mol. The van der Waals surface area contributed by atoms with Crippen LogP contribution in [0.15, 0.2) is 0 Å². The van der Waals surface area contributed by atoms with Gasteiger partial charge >= 0.3 is 5.97 Å². The minimum atomic E-state index is -3.69. The molecule has 7 nitrogen and oxygen atoms in total. The van der Waals surface area contributed by atoms with Crippen LogP contribution in [0.25, 0.3) is 0 Å². The molecule has 0 saturated carbocycles. The molecular formula is C13H22N2O5S. The Morgan fingerprint density at radius 2 is 2.10 bits per heavy atom. The third-order valence-electron chi connectivity index (χ3n) is 4.94. The number of likely N-dealkylation sites (N-methyl/N-ethyl adjacent to an activating group) is 1. The van der Waals surface area contributed by atoms with Crippen molar-refractivity contribution in [1.29, 1.82) is 0 Å². The molecule has 8 heteroatoms. The maximum Gasteiger partial charge on any atom is 0.326 e. The molecule has 0 N–H and O–H groups in total. The average Bonchev–Trinajstić information content (AvgIpc) is 2.78. The quantitative estimate of drug-likeness (QED) is 0.666. The number of fused-ring (bicyclic) bond motifs is 1. The second-order valence-electron chi connectivity index (χ2n) is 6.65. The first kappa shape index (κ1) is 15.2. The molecule has 0 aromatic carbocycles. The van der Waals surface area contributed by atoms with Gasteiger partial charge in [-0.1, -0.05) is 0 Å². The highest BCUT2D eigenvalue weighted by atomic mass is 32.2. The fourth-order valence-corrected chi connectivity index (χ4v) is 5.54. The van der Waals surface area contributed by atoms with E-state index in [2.05, 4.69) is 0 Å². The van der Waals surface area contributed by atoms with Crippen LogP contribution in [0.3, 0.4) is 0 Å². The molecule has 3 aliphatic rings. The highest BCUT2D eigenvalue weighted by Crippen LogP contribution is 2.47. The third kappa shape index (κ3) is 2.11. The Balaban J connectivity index is 1.95. The number of carbonyl (C=O) groups excluding carboxylic acids is 1. The lowest BCUT2D eigenvalue weighted by Crippen LogP contribution is -2.48. The van der Waals surface area contributed by atoms with Gasteiger partial charge in [0.15, 0.2) is 5.25 Å². The summed E-state index contributed by atoms with van der Waals surface area (Å²) in [5.74, 6) is -0.577. The molecule has 3 fully saturated rings. The highest BCUT2D eigenvalue weighted by molar-refractivity contribution is 7.90. The normalized spacial score (nSPS) is 44.8. The number of rotatable bonds is 2. The summed E-state index contributed by atoms with van der Waals surface area (Å²) in [6.07, 6.45) is -0.429. The molecule has 3 heterocycles. The van der Waals surface area contributed by atoms with Crippen LogP contribution in [0.5, 0.6) is 0 Å². The summed E-state index contributed by atoms with van der Waals surface area (Å²) in [6.45, 7) is 6.22. The smallest absolute Gasteiger partial charge is 0.326 e. The van der Waals surface area contributed by atoms with E-state index >= 15 is 0 Å². The first-order chi connectivity index (χ1) is 9.66. The van der Waals surface area contributed by atoms with Crippen molar-refractivity contribution < 1.29 is 22.8 Å². The standard InChI is InChI=1S/C13H22N2O5S/c1-8(2)19-12(16)11-5-10-9-6-15(21(11,17)18)7-13(9,3)14(4)20-10/h8-11H,5-7H2,1-4H3/t9-,10+,11-,13-/m1/s1. The fraction of sp³-hybridized carbons (Fsp3) is 0.923. The highest BCUT2D eigenvalue weighted by Gasteiger charge is 2.63. The molecule has 21 heavy (non-hydrogen) atoms. The van der Waals surface area contributed by atoms with E-state index < -0.39 is 21.2 Å². The van der Waals surface area contributed by atoms with Gasteiger partial charge in [0.2, 0.25) is 10.0 Å². The molecule has 0 aliphatic carbocycles. The van der Waals surface area contributed by atoms with Crippen LogP contribution in [-0.4, -0.2) is 66.9 Å². The van der Waals surface area contributed by atoms with Crippen LogP contribution < -0.4 is 0 Å². The topological polar surface area (TPSA) is 76.2 Å². The summed E-state index contributed by atoms with van der Waals surface area (Å²) in [6, 6.07) is 0. The first-order valence-corrected chi connectivity index (χ1v) is 8.76. The minimum Gasteiger partial charge on any atom is -0.462 e. The van der Waals surface area contributed by atoms with Crippen molar-refractivity contribution in [2.24, 2.45) is 5.92 Å². The Hall–Kier alpha value is -0.700. The number of hydrogen-bond acceptors (Lipinski definition) is 6. The van der Waals surface area contributed by atoms with E-state index in [4.69, 9.17) is 9.57 Å². The molecule has 1 unspecified atom stereocenters. The van der Waals surface area contributed by atoms with Crippen molar-refractivity contribution in [2.75, 3.05) is 20.1 Å². The number of hydroxylamine groups is 2. The Morgan fingerprint density at radius 1 is 1.43 bits per heavy atom. The van der Waals surface area contributed by atoms with Gasteiger partial charge in [0.05, 0.1) is 17.7 Å². The summed E-state index contributed by atoms with van der Waals surface area (Å²) in [5, 5.41) is 0.597. The molecule has 3 rings (SSSR count). The molecule has 2 bridgehead atoms. The lowest BCUT2D eigenvalue weighted by molar-refractivity contribution is -0.168. The molecule has 0 aromatic rings. The monoisotopic (exact) mass is 318 g/mol. The van der Waals surface area contributed by atoms with Gasteiger partial charge in [0, 0.05) is 32.5 Å². The Kier molecular flexibility index (Phi) is 3.36. The summed E-state index contributed by atoms with van der Waals surface area (Å²) >= 11 is 0. The number of hydrogen-bond donors (Lipinski definition) is 0. The van der Waals surface area contributed by atoms with Gasteiger partial charge in [-0.2, -0.15) is 9.37 Å².